The molecule has 32 heavy (non-hydrogen) atoms. The molecule has 1 aliphatic heterocycles. The van der Waals surface area contributed by atoms with Crippen LogP contribution in [0, 0.1) is 6.92 Å². The topological polar surface area (TPSA) is 98.1 Å². The minimum absolute atomic E-state index is 0.236. The van der Waals surface area contributed by atoms with Crippen molar-refractivity contribution < 1.29 is 14.3 Å². The summed E-state index contributed by atoms with van der Waals surface area (Å²) < 4.78 is 7.20. The molecular weight excluding hydrogens is 426 g/mol. The number of para-hydroxylation sites is 1. The number of urea groups is 1. The van der Waals surface area contributed by atoms with Crippen molar-refractivity contribution in [2.45, 2.75) is 25.0 Å². The number of hydrogen-bond donors (Lipinski definition) is 2. The Kier molecular flexibility index (Phi) is 6.55. The molecule has 1 aliphatic rings. The maximum Gasteiger partial charge on any atom is 0.338 e. The second-order valence-corrected chi connectivity index (χ2v) is 8.06. The molecule has 8 nitrogen and oxygen atoms in total. The molecule has 0 aliphatic carbocycles. The fraction of sp³-hybridized carbons (Fsp3) is 0.217. The first kappa shape index (κ1) is 21.6. The molecule has 1 atom stereocenters. The summed E-state index contributed by atoms with van der Waals surface area (Å²) in [5, 5.41) is 14.6. The summed E-state index contributed by atoms with van der Waals surface area (Å²) in [6.45, 7) is 4.01. The van der Waals surface area contributed by atoms with Gasteiger partial charge in [-0.15, -0.1) is 10.2 Å². The predicted octanol–water partition coefficient (Wildman–Crippen LogP) is 3.54. The van der Waals surface area contributed by atoms with Gasteiger partial charge in [-0.25, -0.2) is 9.59 Å². The lowest BCUT2D eigenvalue weighted by Gasteiger charge is -2.29. The molecule has 2 N–H and O–H groups in total. The zero-order valence-corrected chi connectivity index (χ0v) is 18.6. The summed E-state index contributed by atoms with van der Waals surface area (Å²) in [5.74, 6) is -0.153. The van der Waals surface area contributed by atoms with Crippen molar-refractivity contribution in [1.82, 2.24) is 25.4 Å². The summed E-state index contributed by atoms with van der Waals surface area (Å²) in [6, 6.07) is 16.3. The van der Waals surface area contributed by atoms with Crippen molar-refractivity contribution in [3.63, 3.8) is 0 Å². The lowest BCUT2D eigenvalue weighted by atomic mass is 9.95. The number of aromatic nitrogens is 3. The molecule has 0 fully saturated rings. The average molecular weight is 450 g/mol. The van der Waals surface area contributed by atoms with Gasteiger partial charge in [0.1, 0.15) is 6.33 Å². The van der Waals surface area contributed by atoms with Gasteiger partial charge in [-0.3, -0.25) is 4.57 Å². The first-order chi connectivity index (χ1) is 15.6. The van der Waals surface area contributed by atoms with E-state index in [9.17, 15) is 9.59 Å². The number of rotatable bonds is 7. The first-order valence-corrected chi connectivity index (χ1v) is 11.2. The number of esters is 1. The van der Waals surface area contributed by atoms with Gasteiger partial charge in [0.2, 0.25) is 0 Å². The zero-order chi connectivity index (χ0) is 22.5. The minimum atomic E-state index is -0.603. The highest BCUT2D eigenvalue weighted by molar-refractivity contribution is 7.99. The van der Waals surface area contributed by atoms with Gasteiger partial charge in [0.05, 0.1) is 23.9 Å². The van der Waals surface area contributed by atoms with E-state index in [0.717, 1.165) is 16.8 Å². The third-order valence-electron chi connectivity index (χ3n) is 5.02. The maximum atomic E-state index is 12.9. The number of nitrogens with zero attached hydrogens (tertiary/aromatic N) is 3. The van der Waals surface area contributed by atoms with Gasteiger partial charge in [0, 0.05) is 11.4 Å². The Morgan fingerprint density at radius 1 is 1.16 bits per heavy atom. The van der Waals surface area contributed by atoms with Crippen molar-refractivity contribution >= 4 is 23.8 Å². The van der Waals surface area contributed by atoms with Gasteiger partial charge in [-0.2, -0.15) is 0 Å². The number of amides is 2. The van der Waals surface area contributed by atoms with E-state index in [-0.39, 0.29) is 12.6 Å². The van der Waals surface area contributed by atoms with Crippen LogP contribution < -0.4 is 10.6 Å². The normalized spacial score (nSPS) is 15.8. The number of thioether (sulfide) groups is 1. The van der Waals surface area contributed by atoms with Crippen LogP contribution in [0.25, 0.3) is 5.69 Å². The Morgan fingerprint density at radius 3 is 2.66 bits per heavy atom. The maximum absolute atomic E-state index is 12.9. The van der Waals surface area contributed by atoms with Crippen molar-refractivity contribution in [1.29, 1.82) is 0 Å². The van der Waals surface area contributed by atoms with E-state index in [4.69, 9.17) is 4.74 Å². The van der Waals surface area contributed by atoms with Gasteiger partial charge in [-0.1, -0.05) is 60.3 Å². The summed E-state index contributed by atoms with van der Waals surface area (Å²) in [7, 11) is 0. The third-order valence-corrected chi connectivity index (χ3v) is 5.99. The summed E-state index contributed by atoms with van der Waals surface area (Å²) in [6.07, 6.45) is 1.65. The first-order valence-electron chi connectivity index (χ1n) is 10.2. The largest absolute Gasteiger partial charge is 0.463 e. The molecule has 9 heteroatoms. The third kappa shape index (κ3) is 4.52. The van der Waals surface area contributed by atoms with Gasteiger partial charge >= 0.3 is 12.0 Å². The monoisotopic (exact) mass is 449 g/mol. The molecule has 0 saturated carbocycles. The van der Waals surface area contributed by atoms with E-state index in [1.54, 1.807) is 13.3 Å². The van der Waals surface area contributed by atoms with Crippen LogP contribution in [-0.2, 0) is 9.53 Å². The Hall–Kier alpha value is -3.59. The lowest BCUT2D eigenvalue weighted by molar-refractivity contribution is -0.139. The molecule has 3 aromatic rings. The summed E-state index contributed by atoms with van der Waals surface area (Å²) >= 11 is 1.38. The number of benzene rings is 2. The van der Waals surface area contributed by atoms with Crippen LogP contribution in [0.1, 0.15) is 24.1 Å². The Morgan fingerprint density at radius 2 is 1.91 bits per heavy atom. The van der Waals surface area contributed by atoms with Crippen LogP contribution in [0.5, 0.6) is 0 Å². The van der Waals surface area contributed by atoms with Crippen molar-refractivity contribution in [3.05, 3.63) is 83.3 Å². The number of nitrogens with one attached hydrogen (secondary N) is 2. The Bertz CT molecular complexity index is 1160. The van der Waals surface area contributed by atoms with Crippen molar-refractivity contribution in [2.75, 3.05) is 12.4 Å². The van der Waals surface area contributed by atoms with E-state index in [1.165, 1.54) is 11.8 Å². The molecule has 0 bridgehead atoms. The average Bonchev–Trinajstić information content (AvgIpc) is 3.26. The van der Waals surface area contributed by atoms with E-state index in [1.807, 2.05) is 66.1 Å². The van der Waals surface area contributed by atoms with Crippen LogP contribution in [-0.4, -0.2) is 39.1 Å². The van der Waals surface area contributed by atoms with Crippen LogP contribution in [0.15, 0.2) is 77.4 Å². The van der Waals surface area contributed by atoms with Gasteiger partial charge in [0.25, 0.3) is 0 Å². The second kappa shape index (κ2) is 9.69. The number of carbonyl (C=O) groups excluding carboxylic acids is 2. The number of ether oxygens (including phenoxy) is 1. The molecule has 1 aromatic heterocycles. The fourth-order valence-corrected chi connectivity index (χ4v) is 4.43. The molecule has 2 amide bonds. The molecular formula is C23H23N5O3S. The Balaban J connectivity index is 1.67. The van der Waals surface area contributed by atoms with Crippen LogP contribution in [0.4, 0.5) is 4.79 Å². The van der Waals surface area contributed by atoms with Gasteiger partial charge in [0.15, 0.2) is 5.16 Å². The number of aryl methyl sites for hydroxylation is 1. The molecule has 0 radical (unpaired) electrons. The quantitative estimate of drug-likeness (QED) is 0.423. The van der Waals surface area contributed by atoms with Gasteiger partial charge < -0.3 is 15.4 Å². The molecule has 4 rings (SSSR count). The molecule has 0 saturated heterocycles. The van der Waals surface area contributed by atoms with Crippen LogP contribution >= 0.6 is 11.8 Å². The summed E-state index contributed by atoms with van der Waals surface area (Å²) in [4.78, 5) is 25.3. The van der Waals surface area contributed by atoms with Crippen molar-refractivity contribution in [3.8, 4) is 5.69 Å². The van der Waals surface area contributed by atoms with Crippen LogP contribution in [0.2, 0.25) is 0 Å². The SMILES string of the molecule is CCOC(=O)C1=C(CSc2nncn2-c2ccccc2C)NC(=O)NC1c1ccccc1. The second-order valence-electron chi connectivity index (χ2n) is 7.11. The molecule has 2 heterocycles. The van der Waals surface area contributed by atoms with E-state index in [2.05, 4.69) is 20.8 Å². The smallest absolute Gasteiger partial charge is 0.338 e. The van der Waals surface area contributed by atoms with Crippen molar-refractivity contribution in [2.24, 2.45) is 0 Å². The van der Waals surface area contributed by atoms with E-state index in [0.29, 0.717) is 22.2 Å². The zero-order valence-electron chi connectivity index (χ0n) is 17.7. The standard InChI is InChI=1S/C23H23N5O3S/c1-3-31-21(29)19-17(25-22(30)26-20(19)16-10-5-4-6-11-16)13-32-23-27-24-14-28(23)18-12-8-7-9-15(18)2/h4-12,14,20H,3,13H2,1-2H3,(H2,25,26,30). The molecule has 2 aromatic carbocycles. The highest BCUT2D eigenvalue weighted by atomic mass is 32.2. The fourth-order valence-electron chi connectivity index (χ4n) is 3.54. The van der Waals surface area contributed by atoms with E-state index >= 15 is 0 Å². The van der Waals surface area contributed by atoms with Gasteiger partial charge in [-0.05, 0) is 31.0 Å². The number of hydrogen-bond acceptors (Lipinski definition) is 6. The molecule has 0 spiro atoms. The number of carbonyl (C=O) groups is 2. The predicted molar refractivity (Wildman–Crippen MR) is 121 cm³/mol. The Labute approximate surface area is 190 Å². The highest BCUT2D eigenvalue weighted by Crippen LogP contribution is 2.31. The molecule has 164 valence electrons. The van der Waals surface area contributed by atoms with Crippen LogP contribution in [0.3, 0.4) is 0 Å². The summed E-state index contributed by atoms with van der Waals surface area (Å²) in [5.41, 5.74) is 3.73. The minimum Gasteiger partial charge on any atom is -0.463 e. The lowest BCUT2D eigenvalue weighted by Crippen LogP contribution is -2.46. The van der Waals surface area contributed by atoms with E-state index < -0.39 is 12.0 Å². The highest BCUT2D eigenvalue weighted by Gasteiger charge is 2.33. The molecule has 1 unspecified atom stereocenters.